The highest BCUT2D eigenvalue weighted by atomic mass is 79.9. The Morgan fingerprint density at radius 2 is 0.917 bits per heavy atom. The van der Waals surface area contributed by atoms with Crippen LogP contribution in [-0.2, 0) is 0 Å². The SMILES string of the molecule is CCCCC(CC)CN1C(=O)c2ccc3c4c(Br)cc5c6c(cc(Br)c(c7ccc(c2c37)C1=O)c64)C(=O)N(CC(CC)CCCC)C5=O. The first kappa shape index (κ1) is 33.2. The van der Waals surface area contributed by atoms with Gasteiger partial charge in [0.2, 0.25) is 0 Å². The van der Waals surface area contributed by atoms with Gasteiger partial charge in [0.1, 0.15) is 0 Å². The number of hydrogen-bond acceptors (Lipinski definition) is 4. The van der Waals surface area contributed by atoms with Crippen molar-refractivity contribution in [1.29, 1.82) is 0 Å². The first-order chi connectivity index (χ1) is 23.2. The second kappa shape index (κ2) is 12.8. The lowest BCUT2D eigenvalue weighted by Gasteiger charge is -2.32. The summed E-state index contributed by atoms with van der Waals surface area (Å²) in [6, 6.07) is 11.3. The molecule has 5 aromatic rings. The molecule has 2 aliphatic heterocycles. The molecular formula is C40H40Br2N2O4. The van der Waals surface area contributed by atoms with Gasteiger partial charge in [-0.05, 0) is 65.1 Å². The lowest BCUT2D eigenvalue weighted by Crippen LogP contribution is -2.43. The number of unbranched alkanes of at least 4 members (excludes halogenated alkanes) is 2. The maximum Gasteiger partial charge on any atom is 0.261 e. The normalized spacial score (nSPS) is 16.0. The number of rotatable bonds is 12. The minimum Gasteiger partial charge on any atom is -0.274 e. The molecule has 6 nitrogen and oxygen atoms in total. The zero-order valence-corrected chi connectivity index (χ0v) is 31.1. The van der Waals surface area contributed by atoms with Crippen molar-refractivity contribution in [2.75, 3.05) is 13.1 Å². The van der Waals surface area contributed by atoms with Crippen molar-refractivity contribution in [2.24, 2.45) is 11.8 Å². The second-order valence-corrected chi connectivity index (χ2v) is 15.4. The molecule has 48 heavy (non-hydrogen) atoms. The Kier molecular flexibility index (Phi) is 8.86. The van der Waals surface area contributed by atoms with Crippen molar-refractivity contribution in [3.8, 4) is 0 Å². The first-order valence-electron chi connectivity index (χ1n) is 17.5. The molecule has 5 aromatic carbocycles. The van der Waals surface area contributed by atoms with Crippen LogP contribution in [0.15, 0.2) is 45.3 Å². The molecule has 2 unspecified atom stereocenters. The molecular weight excluding hydrogens is 732 g/mol. The molecule has 4 amide bonds. The van der Waals surface area contributed by atoms with Gasteiger partial charge in [-0.1, -0.05) is 110 Å². The Bertz CT molecular complexity index is 2050. The summed E-state index contributed by atoms with van der Waals surface area (Å²) in [4.78, 5) is 59.2. The van der Waals surface area contributed by atoms with Gasteiger partial charge in [-0.15, -0.1) is 0 Å². The van der Waals surface area contributed by atoms with E-state index < -0.39 is 0 Å². The van der Waals surface area contributed by atoms with E-state index in [2.05, 4.69) is 59.6 Å². The predicted octanol–water partition coefficient (Wildman–Crippen LogP) is 10.9. The maximum absolute atomic E-state index is 14.1. The van der Waals surface area contributed by atoms with Gasteiger partial charge in [-0.25, -0.2) is 0 Å². The highest BCUT2D eigenvalue weighted by Crippen LogP contribution is 2.50. The highest BCUT2D eigenvalue weighted by molar-refractivity contribution is 9.11. The number of carbonyl (C=O) groups excluding carboxylic acids is 4. The monoisotopic (exact) mass is 770 g/mol. The number of hydrogen-bond donors (Lipinski definition) is 0. The number of nitrogens with zero attached hydrogens (tertiary/aromatic N) is 2. The maximum atomic E-state index is 14.1. The number of halogens is 2. The van der Waals surface area contributed by atoms with E-state index in [1.165, 1.54) is 9.80 Å². The van der Waals surface area contributed by atoms with Crippen LogP contribution in [-0.4, -0.2) is 46.5 Å². The average Bonchev–Trinajstić information content (AvgIpc) is 3.09. The molecule has 0 saturated heterocycles. The minimum absolute atomic E-state index is 0.246. The number of benzene rings is 5. The van der Waals surface area contributed by atoms with Gasteiger partial charge in [-0.3, -0.25) is 29.0 Å². The molecule has 2 heterocycles. The van der Waals surface area contributed by atoms with Crippen LogP contribution < -0.4 is 0 Å². The molecule has 7 rings (SSSR count). The zero-order chi connectivity index (χ0) is 34.0. The van der Waals surface area contributed by atoms with Crippen molar-refractivity contribution in [1.82, 2.24) is 9.80 Å². The zero-order valence-electron chi connectivity index (χ0n) is 28.0. The number of carbonyl (C=O) groups is 4. The van der Waals surface area contributed by atoms with E-state index in [4.69, 9.17) is 0 Å². The van der Waals surface area contributed by atoms with Crippen LogP contribution in [0.2, 0.25) is 0 Å². The minimum atomic E-state index is -0.264. The van der Waals surface area contributed by atoms with Gasteiger partial charge in [0.05, 0.1) is 0 Å². The van der Waals surface area contributed by atoms with E-state index in [0.717, 1.165) is 92.6 Å². The molecule has 0 aliphatic carbocycles. The molecule has 2 aliphatic rings. The summed E-state index contributed by atoms with van der Waals surface area (Å²) in [7, 11) is 0. The second-order valence-electron chi connectivity index (χ2n) is 13.7. The summed E-state index contributed by atoms with van der Waals surface area (Å²) < 4.78 is 1.47. The lowest BCUT2D eigenvalue weighted by molar-refractivity contribution is 0.0565. The van der Waals surface area contributed by atoms with Crippen LogP contribution in [0.25, 0.3) is 43.1 Å². The van der Waals surface area contributed by atoms with Gasteiger partial charge in [0.25, 0.3) is 23.6 Å². The summed E-state index contributed by atoms with van der Waals surface area (Å²) in [5.74, 6) is -0.520. The summed E-state index contributed by atoms with van der Waals surface area (Å²) in [5.41, 5.74) is 2.09. The first-order valence-corrected chi connectivity index (χ1v) is 19.1. The van der Waals surface area contributed by atoms with E-state index in [0.29, 0.717) is 46.1 Å². The van der Waals surface area contributed by atoms with Crippen molar-refractivity contribution >= 4 is 98.6 Å². The Balaban J connectivity index is 1.44. The third-order valence-corrected chi connectivity index (χ3v) is 12.1. The van der Waals surface area contributed by atoms with Crippen molar-refractivity contribution in [3.63, 3.8) is 0 Å². The van der Waals surface area contributed by atoms with E-state index >= 15 is 0 Å². The average molecular weight is 773 g/mol. The van der Waals surface area contributed by atoms with Crippen LogP contribution in [0, 0.1) is 11.8 Å². The Morgan fingerprint density at radius 3 is 1.31 bits per heavy atom. The summed E-state index contributed by atoms with van der Waals surface area (Å²) in [6.07, 6.45) is 8.04. The van der Waals surface area contributed by atoms with Gasteiger partial charge >= 0.3 is 0 Å². The molecule has 0 N–H and O–H groups in total. The largest absolute Gasteiger partial charge is 0.274 e. The van der Waals surface area contributed by atoms with Gasteiger partial charge < -0.3 is 0 Å². The van der Waals surface area contributed by atoms with Crippen molar-refractivity contribution in [2.45, 2.75) is 79.1 Å². The van der Waals surface area contributed by atoms with Gasteiger partial charge in [0.15, 0.2) is 0 Å². The van der Waals surface area contributed by atoms with E-state index in [9.17, 15) is 19.2 Å². The molecule has 0 saturated carbocycles. The van der Waals surface area contributed by atoms with Crippen LogP contribution in [0.5, 0.6) is 0 Å². The smallest absolute Gasteiger partial charge is 0.261 e. The molecule has 8 heteroatoms. The van der Waals surface area contributed by atoms with Crippen LogP contribution in [0.4, 0.5) is 0 Å². The molecule has 0 fully saturated rings. The quantitative estimate of drug-likeness (QED) is 0.0719. The highest BCUT2D eigenvalue weighted by Gasteiger charge is 2.39. The molecule has 248 valence electrons. The van der Waals surface area contributed by atoms with Crippen LogP contribution in [0.1, 0.15) is 120 Å². The summed E-state index contributed by atoms with van der Waals surface area (Å²) in [5, 5.41) is 6.47. The predicted molar refractivity (Wildman–Crippen MR) is 200 cm³/mol. The third-order valence-electron chi connectivity index (χ3n) is 10.9. The lowest BCUT2D eigenvalue weighted by atomic mass is 9.82. The Labute approximate surface area is 297 Å². The molecule has 0 spiro atoms. The molecule has 0 radical (unpaired) electrons. The van der Waals surface area contributed by atoms with Gasteiger partial charge in [0, 0.05) is 71.2 Å². The van der Waals surface area contributed by atoms with Gasteiger partial charge in [-0.2, -0.15) is 0 Å². The fourth-order valence-electron chi connectivity index (χ4n) is 8.15. The van der Waals surface area contributed by atoms with E-state index in [-0.39, 0.29) is 35.5 Å². The summed E-state index contributed by atoms with van der Waals surface area (Å²) in [6.45, 7) is 9.37. The molecule has 2 atom stereocenters. The fraction of sp³-hybridized carbons (Fsp3) is 0.400. The molecule has 0 bridgehead atoms. The number of imide groups is 2. The van der Waals surface area contributed by atoms with Crippen LogP contribution >= 0.6 is 31.9 Å². The fourth-order valence-corrected chi connectivity index (χ4v) is 9.43. The van der Waals surface area contributed by atoms with E-state index in [1.54, 1.807) is 0 Å². The molecule has 0 aromatic heterocycles. The number of amides is 4. The van der Waals surface area contributed by atoms with E-state index in [1.807, 2.05) is 36.4 Å². The Hall–Kier alpha value is -3.36. The number of fused-ring (bicyclic) bond motifs is 2. The third kappa shape index (κ3) is 4.92. The Morgan fingerprint density at radius 1 is 0.521 bits per heavy atom. The van der Waals surface area contributed by atoms with Crippen molar-refractivity contribution < 1.29 is 19.2 Å². The topological polar surface area (TPSA) is 74.8 Å². The standard InChI is InChI=1S/C40H40Br2N2O4/c1-5-9-11-21(7-3)19-43-37(45)25-15-13-23-31-24(14-16-26(32(25)31)38(43)46)35-30(42)18-28-33-27(17-29(41)34(23)36(33)35)39(47)44(40(28)48)20-22(8-4)12-10-6-2/h13-18,21-22H,5-12,19-20H2,1-4H3. The van der Waals surface area contributed by atoms with Crippen LogP contribution in [0.3, 0.4) is 0 Å². The summed E-state index contributed by atoms with van der Waals surface area (Å²) >= 11 is 7.67. The van der Waals surface area contributed by atoms with Crippen molar-refractivity contribution in [3.05, 3.63) is 67.6 Å².